The number of aromatic nitrogens is 2. The molecular weight excluding hydrogens is 208 g/mol. The number of unbranched alkanes of at least 4 members (excludes halogenated alkanes) is 1. The number of nitrogens with zero attached hydrogens (tertiary/aromatic N) is 3. The van der Waals surface area contributed by atoms with Gasteiger partial charge in [0.1, 0.15) is 0 Å². The van der Waals surface area contributed by atoms with E-state index in [1.165, 1.54) is 0 Å². The Morgan fingerprint density at radius 1 is 1.44 bits per heavy atom. The monoisotopic (exact) mass is 228 g/mol. The van der Waals surface area contributed by atoms with E-state index in [2.05, 4.69) is 17.1 Å². The lowest BCUT2D eigenvalue weighted by Crippen LogP contribution is -2.28. The molecule has 1 aromatic heterocycles. The molecule has 0 saturated heterocycles. The van der Waals surface area contributed by atoms with Gasteiger partial charge in [0.15, 0.2) is 0 Å². The van der Waals surface area contributed by atoms with Gasteiger partial charge < -0.3 is 20.2 Å². The normalized spacial score (nSPS) is 12.8. The summed E-state index contributed by atoms with van der Waals surface area (Å²) in [6.45, 7) is 5.27. The zero-order valence-electron chi connectivity index (χ0n) is 9.89. The van der Waals surface area contributed by atoms with E-state index >= 15 is 0 Å². The number of hydrogen-bond donors (Lipinski definition) is 2. The molecule has 16 heavy (non-hydrogen) atoms. The van der Waals surface area contributed by atoms with Gasteiger partial charge in [-0.2, -0.15) is 0 Å². The Hall–Kier alpha value is -1.14. The second-order valence-corrected chi connectivity index (χ2v) is 3.78. The minimum atomic E-state index is -0.261. The molecule has 1 aromatic rings. The van der Waals surface area contributed by atoms with Crippen LogP contribution in [0.25, 0.3) is 0 Å². The maximum absolute atomic E-state index is 8.96. The van der Waals surface area contributed by atoms with E-state index in [1.807, 2.05) is 4.90 Å². The van der Waals surface area contributed by atoms with Gasteiger partial charge in [0.2, 0.25) is 5.89 Å². The fraction of sp³-hybridized carbons (Fsp3) is 0.800. The van der Waals surface area contributed by atoms with E-state index in [1.54, 1.807) is 6.92 Å². The lowest BCUT2D eigenvalue weighted by molar-refractivity contribution is 0.297. The molecule has 0 bridgehead atoms. The van der Waals surface area contributed by atoms with Crippen molar-refractivity contribution in [2.45, 2.75) is 32.7 Å². The number of aliphatic hydroxyl groups excluding tert-OH is 1. The van der Waals surface area contributed by atoms with Crippen molar-refractivity contribution >= 4 is 6.01 Å². The first-order chi connectivity index (χ1) is 7.69. The van der Waals surface area contributed by atoms with Crippen LogP contribution in [0.1, 0.15) is 38.6 Å². The van der Waals surface area contributed by atoms with Crippen LogP contribution in [0.4, 0.5) is 6.01 Å². The predicted octanol–water partition coefficient (Wildman–Crippen LogP) is 0.688. The highest BCUT2D eigenvalue weighted by molar-refractivity contribution is 5.23. The largest absolute Gasteiger partial charge is 0.406 e. The van der Waals surface area contributed by atoms with Gasteiger partial charge in [0, 0.05) is 13.1 Å². The minimum absolute atomic E-state index is 0.0691. The van der Waals surface area contributed by atoms with E-state index in [-0.39, 0.29) is 12.6 Å². The lowest BCUT2D eigenvalue weighted by atomic mass is 10.3. The van der Waals surface area contributed by atoms with Crippen molar-refractivity contribution in [3.63, 3.8) is 0 Å². The van der Waals surface area contributed by atoms with E-state index in [9.17, 15) is 0 Å². The summed E-state index contributed by atoms with van der Waals surface area (Å²) in [6.07, 6.45) is 2.10. The zero-order valence-corrected chi connectivity index (χ0v) is 9.89. The van der Waals surface area contributed by atoms with Crippen LogP contribution in [0.3, 0.4) is 0 Å². The number of aliphatic hydroxyl groups is 1. The fourth-order valence-corrected chi connectivity index (χ4v) is 1.31. The molecule has 0 saturated carbocycles. The van der Waals surface area contributed by atoms with Gasteiger partial charge in [-0.25, -0.2) is 0 Å². The maximum Gasteiger partial charge on any atom is 0.318 e. The van der Waals surface area contributed by atoms with Gasteiger partial charge in [-0.3, -0.25) is 0 Å². The van der Waals surface area contributed by atoms with Crippen molar-refractivity contribution in [1.82, 2.24) is 10.2 Å². The maximum atomic E-state index is 8.96. The molecule has 0 aliphatic carbocycles. The second-order valence-electron chi connectivity index (χ2n) is 3.78. The summed E-state index contributed by atoms with van der Waals surface area (Å²) in [5, 5.41) is 16.7. The van der Waals surface area contributed by atoms with E-state index < -0.39 is 0 Å². The third-order valence-corrected chi connectivity index (χ3v) is 2.24. The molecule has 3 N–H and O–H groups in total. The van der Waals surface area contributed by atoms with Gasteiger partial charge in [-0.05, 0) is 13.3 Å². The summed E-state index contributed by atoms with van der Waals surface area (Å²) >= 11 is 0. The Balaban J connectivity index is 2.67. The molecule has 92 valence electrons. The Bertz CT molecular complexity index is 301. The molecule has 1 rings (SSSR count). The smallest absolute Gasteiger partial charge is 0.318 e. The van der Waals surface area contributed by atoms with Crippen molar-refractivity contribution in [2.75, 3.05) is 24.6 Å². The molecule has 0 amide bonds. The molecule has 1 heterocycles. The topological polar surface area (TPSA) is 88.4 Å². The van der Waals surface area contributed by atoms with Crippen LogP contribution in [0, 0.1) is 0 Å². The van der Waals surface area contributed by atoms with Crippen LogP contribution in [0.5, 0.6) is 0 Å². The molecule has 0 radical (unpaired) electrons. The molecule has 0 aliphatic rings. The van der Waals surface area contributed by atoms with Crippen molar-refractivity contribution in [3.05, 3.63) is 5.89 Å². The van der Waals surface area contributed by atoms with Crippen LogP contribution < -0.4 is 10.6 Å². The molecular formula is C10H20N4O2. The highest BCUT2D eigenvalue weighted by Gasteiger charge is 2.15. The average Bonchev–Trinajstić information content (AvgIpc) is 2.73. The summed E-state index contributed by atoms with van der Waals surface area (Å²) in [7, 11) is 0. The third-order valence-electron chi connectivity index (χ3n) is 2.24. The molecule has 0 spiro atoms. The molecule has 0 aromatic carbocycles. The Morgan fingerprint density at radius 3 is 2.69 bits per heavy atom. The van der Waals surface area contributed by atoms with Gasteiger partial charge >= 0.3 is 6.01 Å². The fourth-order valence-electron chi connectivity index (χ4n) is 1.31. The lowest BCUT2D eigenvalue weighted by Gasteiger charge is -2.18. The van der Waals surface area contributed by atoms with Gasteiger partial charge in [0.05, 0.1) is 12.6 Å². The zero-order chi connectivity index (χ0) is 12.0. The number of rotatable bonds is 7. The molecule has 0 fully saturated rings. The summed E-state index contributed by atoms with van der Waals surface area (Å²) in [5.41, 5.74) is 5.64. The summed E-state index contributed by atoms with van der Waals surface area (Å²) in [5.74, 6) is 0.425. The average molecular weight is 228 g/mol. The van der Waals surface area contributed by atoms with Crippen molar-refractivity contribution < 1.29 is 9.52 Å². The van der Waals surface area contributed by atoms with Crippen LogP contribution in [-0.2, 0) is 0 Å². The van der Waals surface area contributed by atoms with E-state index in [4.69, 9.17) is 15.3 Å². The number of nitrogens with two attached hydrogens (primary N) is 1. The molecule has 6 nitrogen and oxygen atoms in total. The standard InChI is InChI=1S/C10H20N4O2/c1-3-4-5-14(6-7-15)10-13-12-9(16-10)8(2)11/h8,15H,3-7,11H2,1-2H3. The van der Waals surface area contributed by atoms with E-state index in [0.29, 0.717) is 18.5 Å². The van der Waals surface area contributed by atoms with Gasteiger partial charge in [0.25, 0.3) is 0 Å². The number of hydrogen-bond acceptors (Lipinski definition) is 6. The minimum Gasteiger partial charge on any atom is -0.406 e. The van der Waals surface area contributed by atoms with Crippen LogP contribution in [-0.4, -0.2) is 35.0 Å². The Kier molecular flexibility index (Phi) is 5.21. The quantitative estimate of drug-likeness (QED) is 0.713. The molecule has 1 atom stereocenters. The number of anilines is 1. The SMILES string of the molecule is CCCCN(CCO)c1nnc(C(C)N)o1. The Labute approximate surface area is 95.4 Å². The first-order valence-corrected chi connectivity index (χ1v) is 5.63. The summed E-state index contributed by atoms with van der Waals surface area (Å²) in [6, 6.07) is 0.179. The molecule has 0 aliphatic heterocycles. The van der Waals surface area contributed by atoms with Crippen molar-refractivity contribution in [2.24, 2.45) is 5.73 Å². The van der Waals surface area contributed by atoms with Gasteiger partial charge in [-0.1, -0.05) is 18.4 Å². The summed E-state index contributed by atoms with van der Waals surface area (Å²) in [4.78, 5) is 1.88. The first kappa shape index (κ1) is 12.9. The predicted molar refractivity (Wildman–Crippen MR) is 61.1 cm³/mol. The van der Waals surface area contributed by atoms with Crippen LogP contribution in [0.2, 0.25) is 0 Å². The first-order valence-electron chi connectivity index (χ1n) is 5.63. The van der Waals surface area contributed by atoms with Crippen molar-refractivity contribution in [1.29, 1.82) is 0 Å². The van der Waals surface area contributed by atoms with Crippen LogP contribution >= 0.6 is 0 Å². The highest BCUT2D eigenvalue weighted by atomic mass is 16.4. The van der Waals surface area contributed by atoms with Crippen molar-refractivity contribution in [3.8, 4) is 0 Å². The second kappa shape index (κ2) is 6.44. The van der Waals surface area contributed by atoms with Crippen LogP contribution in [0.15, 0.2) is 4.42 Å². The van der Waals surface area contributed by atoms with E-state index in [0.717, 1.165) is 19.4 Å². The third kappa shape index (κ3) is 3.46. The molecule has 1 unspecified atom stereocenters. The Morgan fingerprint density at radius 2 is 2.19 bits per heavy atom. The summed E-state index contributed by atoms with van der Waals surface area (Å²) < 4.78 is 5.42. The molecule has 6 heteroatoms. The highest BCUT2D eigenvalue weighted by Crippen LogP contribution is 2.16. The van der Waals surface area contributed by atoms with Gasteiger partial charge in [-0.15, -0.1) is 5.10 Å².